The molecule has 0 aliphatic rings. The number of nitrogens with zero attached hydrogens (tertiary/aromatic N) is 3. The molecule has 0 amide bonds. The van der Waals surface area contributed by atoms with Crippen LogP contribution in [0.2, 0.25) is 0 Å². The van der Waals surface area contributed by atoms with Crippen LogP contribution >= 0.6 is 0 Å². The first kappa shape index (κ1) is 11.6. The molecule has 1 heterocycles. The smallest absolute Gasteiger partial charge is 0.271 e. The number of non-ortho nitro benzene ring substituents is 1. The molecule has 0 aliphatic heterocycles. The molecule has 0 unspecified atom stereocenters. The van der Waals surface area contributed by atoms with Gasteiger partial charge in [0.25, 0.3) is 5.69 Å². The molecule has 0 aliphatic carbocycles. The highest BCUT2D eigenvalue weighted by Gasteiger charge is 2.12. The molecule has 1 aromatic heterocycles. The van der Waals surface area contributed by atoms with Gasteiger partial charge in [-0.25, -0.2) is 0 Å². The van der Waals surface area contributed by atoms with E-state index in [4.69, 9.17) is 10.00 Å². The van der Waals surface area contributed by atoms with Gasteiger partial charge in [-0.1, -0.05) is 0 Å². The summed E-state index contributed by atoms with van der Waals surface area (Å²) < 4.78 is 5.37. The van der Waals surface area contributed by atoms with Crippen LogP contribution in [0.25, 0.3) is 0 Å². The van der Waals surface area contributed by atoms with Crippen LogP contribution in [0.4, 0.5) is 5.69 Å². The van der Waals surface area contributed by atoms with Crippen LogP contribution in [0.1, 0.15) is 11.3 Å². The monoisotopic (exact) mass is 244 g/mol. The minimum Gasteiger partial charge on any atom is -0.436 e. The Hall–Kier alpha value is -2.88. The second kappa shape index (κ2) is 4.55. The fourth-order valence-corrected chi connectivity index (χ4v) is 1.37. The molecule has 0 radical (unpaired) electrons. The molecule has 7 heteroatoms. The highest BCUT2D eigenvalue weighted by molar-refractivity contribution is 5.51. The molecule has 0 spiro atoms. The molecule has 0 fully saturated rings. The highest BCUT2D eigenvalue weighted by Crippen LogP contribution is 2.27. The van der Waals surface area contributed by atoms with E-state index >= 15 is 0 Å². The third kappa shape index (κ3) is 2.27. The van der Waals surface area contributed by atoms with E-state index in [9.17, 15) is 10.1 Å². The Bertz CT molecular complexity index is 642. The SMILES string of the molecule is Cc1cc(Oc2ccc([N+](=O)[O-])cc2C#N)n[nH]1. The molecule has 0 saturated carbocycles. The predicted octanol–water partition coefficient (Wildman–Crippen LogP) is 2.29. The topological polar surface area (TPSA) is 105 Å². The Morgan fingerprint density at radius 1 is 1.50 bits per heavy atom. The third-order valence-corrected chi connectivity index (χ3v) is 2.19. The summed E-state index contributed by atoms with van der Waals surface area (Å²) in [6.45, 7) is 1.81. The quantitative estimate of drug-likeness (QED) is 0.658. The Morgan fingerprint density at radius 2 is 2.28 bits per heavy atom. The number of nitro groups is 1. The van der Waals surface area contributed by atoms with Crippen molar-refractivity contribution in [3.63, 3.8) is 0 Å². The van der Waals surface area contributed by atoms with Gasteiger partial charge in [0.15, 0.2) is 0 Å². The number of benzene rings is 1. The molecule has 90 valence electrons. The van der Waals surface area contributed by atoms with Crippen LogP contribution in [0, 0.1) is 28.4 Å². The number of nitriles is 1. The maximum absolute atomic E-state index is 10.6. The molecule has 1 N–H and O–H groups in total. The second-order valence-electron chi connectivity index (χ2n) is 3.54. The van der Waals surface area contributed by atoms with Gasteiger partial charge in [-0.05, 0) is 13.0 Å². The van der Waals surface area contributed by atoms with Gasteiger partial charge in [-0.15, -0.1) is 5.10 Å². The molecule has 0 atom stereocenters. The van der Waals surface area contributed by atoms with E-state index in [1.54, 1.807) is 13.0 Å². The van der Waals surface area contributed by atoms with Crippen LogP contribution in [0.3, 0.4) is 0 Å². The molecule has 1 aromatic carbocycles. The zero-order valence-corrected chi connectivity index (χ0v) is 9.38. The number of rotatable bonds is 3. The number of aromatic amines is 1. The Balaban J connectivity index is 2.34. The first-order valence-electron chi connectivity index (χ1n) is 4.98. The fraction of sp³-hybridized carbons (Fsp3) is 0.0909. The summed E-state index contributed by atoms with van der Waals surface area (Å²) in [4.78, 5) is 10.0. The van der Waals surface area contributed by atoms with Crippen molar-refractivity contribution >= 4 is 5.69 Å². The van der Waals surface area contributed by atoms with Crippen molar-refractivity contribution in [2.24, 2.45) is 0 Å². The van der Waals surface area contributed by atoms with Gasteiger partial charge in [-0.3, -0.25) is 15.2 Å². The maximum atomic E-state index is 10.6. The first-order valence-corrected chi connectivity index (χ1v) is 4.98. The number of nitro benzene ring substituents is 1. The summed E-state index contributed by atoms with van der Waals surface area (Å²) in [5, 5.41) is 26.1. The van der Waals surface area contributed by atoms with Gasteiger partial charge in [0.1, 0.15) is 17.4 Å². The number of hydrogen-bond donors (Lipinski definition) is 1. The molecule has 2 rings (SSSR count). The van der Waals surface area contributed by atoms with E-state index < -0.39 is 4.92 Å². The fourth-order valence-electron chi connectivity index (χ4n) is 1.37. The summed E-state index contributed by atoms with van der Waals surface area (Å²) in [6.07, 6.45) is 0. The summed E-state index contributed by atoms with van der Waals surface area (Å²) >= 11 is 0. The summed E-state index contributed by atoms with van der Waals surface area (Å²) in [5.41, 5.74) is 0.743. The standard InChI is InChI=1S/C11H8N4O3/c1-7-4-11(14-13-7)18-10-3-2-9(15(16)17)5-8(10)6-12/h2-5H,1H3,(H,13,14). The predicted molar refractivity (Wildman–Crippen MR) is 61.2 cm³/mol. The van der Waals surface area contributed by atoms with Gasteiger partial charge in [-0.2, -0.15) is 5.26 Å². The summed E-state index contributed by atoms with van der Waals surface area (Å²) in [6, 6.07) is 7.32. The lowest BCUT2D eigenvalue weighted by molar-refractivity contribution is -0.384. The van der Waals surface area contributed by atoms with Gasteiger partial charge in [0.05, 0.1) is 4.92 Å². The van der Waals surface area contributed by atoms with Crippen molar-refractivity contribution in [2.75, 3.05) is 0 Å². The number of aromatic nitrogens is 2. The number of nitrogens with one attached hydrogen (secondary N) is 1. The second-order valence-corrected chi connectivity index (χ2v) is 3.54. The molecular formula is C11H8N4O3. The van der Waals surface area contributed by atoms with Crippen LogP contribution in [-0.4, -0.2) is 15.1 Å². The van der Waals surface area contributed by atoms with Crippen LogP contribution < -0.4 is 4.74 Å². The van der Waals surface area contributed by atoms with E-state index in [0.717, 1.165) is 11.8 Å². The lowest BCUT2D eigenvalue weighted by Crippen LogP contribution is -1.92. The Kier molecular flexibility index (Phi) is 2.93. The van der Waals surface area contributed by atoms with Crippen molar-refractivity contribution < 1.29 is 9.66 Å². The molecule has 2 aromatic rings. The van der Waals surface area contributed by atoms with E-state index in [0.29, 0.717) is 5.88 Å². The Labute approximate surface area is 102 Å². The minimum absolute atomic E-state index is 0.0878. The average Bonchev–Trinajstić information content (AvgIpc) is 2.75. The van der Waals surface area contributed by atoms with Crippen molar-refractivity contribution in [2.45, 2.75) is 6.92 Å². The highest BCUT2D eigenvalue weighted by atomic mass is 16.6. The van der Waals surface area contributed by atoms with Gasteiger partial charge in [0.2, 0.25) is 5.88 Å². The van der Waals surface area contributed by atoms with E-state index in [1.165, 1.54) is 12.1 Å². The normalized spacial score (nSPS) is 9.78. The summed E-state index contributed by atoms with van der Waals surface area (Å²) in [5.74, 6) is 0.535. The van der Waals surface area contributed by atoms with Crippen molar-refractivity contribution in [3.05, 3.63) is 45.6 Å². The lowest BCUT2D eigenvalue weighted by atomic mass is 10.2. The third-order valence-electron chi connectivity index (χ3n) is 2.19. The minimum atomic E-state index is -0.566. The number of hydrogen-bond acceptors (Lipinski definition) is 5. The van der Waals surface area contributed by atoms with Crippen molar-refractivity contribution in [1.29, 1.82) is 5.26 Å². The largest absolute Gasteiger partial charge is 0.436 e. The Morgan fingerprint density at radius 3 is 2.83 bits per heavy atom. The van der Waals surface area contributed by atoms with Crippen LogP contribution in [0.5, 0.6) is 11.6 Å². The average molecular weight is 244 g/mol. The van der Waals surface area contributed by atoms with Gasteiger partial charge in [0, 0.05) is 23.9 Å². The molecule has 18 heavy (non-hydrogen) atoms. The maximum Gasteiger partial charge on any atom is 0.271 e. The molecule has 7 nitrogen and oxygen atoms in total. The lowest BCUT2D eigenvalue weighted by Gasteiger charge is -2.03. The summed E-state index contributed by atoms with van der Waals surface area (Å²) in [7, 11) is 0. The van der Waals surface area contributed by atoms with Crippen molar-refractivity contribution in [3.8, 4) is 17.7 Å². The molecule has 0 saturated heterocycles. The van der Waals surface area contributed by atoms with Crippen molar-refractivity contribution in [1.82, 2.24) is 10.2 Å². The molecular weight excluding hydrogens is 236 g/mol. The zero-order chi connectivity index (χ0) is 13.1. The number of aryl methyl sites for hydroxylation is 1. The first-order chi connectivity index (χ1) is 8.60. The van der Waals surface area contributed by atoms with E-state index in [2.05, 4.69) is 10.2 Å². The zero-order valence-electron chi connectivity index (χ0n) is 9.38. The van der Waals surface area contributed by atoms with Crippen LogP contribution in [0.15, 0.2) is 24.3 Å². The van der Waals surface area contributed by atoms with E-state index in [-0.39, 0.29) is 17.0 Å². The van der Waals surface area contributed by atoms with E-state index in [1.807, 2.05) is 6.07 Å². The molecule has 0 bridgehead atoms. The van der Waals surface area contributed by atoms with Gasteiger partial charge >= 0.3 is 0 Å². The van der Waals surface area contributed by atoms with Crippen LogP contribution in [-0.2, 0) is 0 Å². The number of H-pyrrole nitrogens is 1. The van der Waals surface area contributed by atoms with Gasteiger partial charge < -0.3 is 4.74 Å². The number of ether oxygens (including phenoxy) is 1.